The molecule has 0 unspecified atom stereocenters. The summed E-state index contributed by atoms with van der Waals surface area (Å²) in [5.41, 5.74) is 4.55. The Morgan fingerprint density at radius 1 is 1.20 bits per heavy atom. The topological polar surface area (TPSA) is 67.5 Å². The van der Waals surface area contributed by atoms with Crippen molar-refractivity contribution in [1.82, 2.24) is 14.6 Å². The number of hydrogen-bond acceptors (Lipinski definition) is 3. The molecular formula is C15H13N3O2. The third-order valence-corrected chi connectivity index (χ3v) is 3.25. The van der Waals surface area contributed by atoms with Gasteiger partial charge in [0.15, 0.2) is 11.3 Å². The van der Waals surface area contributed by atoms with Crippen molar-refractivity contribution in [2.45, 2.75) is 13.8 Å². The van der Waals surface area contributed by atoms with Crippen molar-refractivity contribution < 1.29 is 9.90 Å². The Morgan fingerprint density at radius 3 is 2.75 bits per heavy atom. The van der Waals surface area contributed by atoms with Gasteiger partial charge in [-0.05, 0) is 37.6 Å². The summed E-state index contributed by atoms with van der Waals surface area (Å²) >= 11 is 0. The van der Waals surface area contributed by atoms with Gasteiger partial charge in [0.1, 0.15) is 0 Å². The zero-order valence-electron chi connectivity index (χ0n) is 11.2. The molecule has 0 saturated carbocycles. The van der Waals surface area contributed by atoms with Crippen LogP contribution in [-0.4, -0.2) is 25.7 Å². The summed E-state index contributed by atoms with van der Waals surface area (Å²) in [5, 5.41) is 13.5. The molecule has 0 saturated heterocycles. The van der Waals surface area contributed by atoms with Crippen molar-refractivity contribution in [3.63, 3.8) is 0 Å². The monoisotopic (exact) mass is 267 g/mol. The molecule has 0 aliphatic carbocycles. The van der Waals surface area contributed by atoms with E-state index < -0.39 is 5.97 Å². The largest absolute Gasteiger partial charge is 0.476 e. The predicted octanol–water partition coefficient (Wildman–Crippen LogP) is 2.71. The van der Waals surface area contributed by atoms with Gasteiger partial charge in [-0.25, -0.2) is 14.3 Å². The summed E-state index contributed by atoms with van der Waals surface area (Å²) < 4.78 is 1.36. The number of rotatable bonds is 2. The SMILES string of the molecule is Cc1ccc(C)c(-c2ccc3ncc(C(=O)O)n3n2)c1. The number of aromatic carboxylic acids is 1. The second-order valence-electron chi connectivity index (χ2n) is 4.76. The maximum Gasteiger partial charge on any atom is 0.356 e. The lowest BCUT2D eigenvalue weighted by atomic mass is 10.0. The van der Waals surface area contributed by atoms with Crippen molar-refractivity contribution in [2.75, 3.05) is 0 Å². The Kier molecular flexibility index (Phi) is 2.75. The van der Waals surface area contributed by atoms with Crippen molar-refractivity contribution >= 4 is 11.6 Å². The molecule has 0 amide bonds. The van der Waals surface area contributed by atoms with E-state index in [1.54, 1.807) is 6.07 Å². The Hall–Kier alpha value is -2.69. The molecule has 5 nitrogen and oxygen atoms in total. The molecule has 0 aliphatic heterocycles. The molecule has 0 aliphatic rings. The first-order chi connectivity index (χ1) is 9.56. The quantitative estimate of drug-likeness (QED) is 0.775. The van der Waals surface area contributed by atoms with Gasteiger partial charge in [0.2, 0.25) is 0 Å². The number of nitrogens with zero attached hydrogens (tertiary/aromatic N) is 3. The highest BCUT2D eigenvalue weighted by Gasteiger charge is 2.13. The second kappa shape index (κ2) is 4.45. The summed E-state index contributed by atoms with van der Waals surface area (Å²) in [4.78, 5) is 15.2. The number of imidazole rings is 1. The van der Waals surface area contributed by atoms with Crippen LogP contribution in [0.2, 0.25) is 0 Å². The predicted molar refractivity (Wildman–Crippen MR) is 74.9 cm³/mol. The van der Waals surface area contributed by atoms with Crippen LogP contribution in [0, 0.1) is 13.8 Å². The van der Waals surface area contributed by atoms with Gasteiger partial charge in [0.05, 0.1) is 11.9 Å². The first kappa shape index (κ1) is 12.3. The average Bonchev–Trinajstić information content (AvgIpc) is 2.84. The fourth-order valence-electron chi connectivity index (χ4n) is 2.17. The lowest BCUT2D eigenvalue weighted by Gasteiger charge is -2.07. The van der Waals surface area contributed by atoms with Crippen molar-refractivity contribution in [3.8, 4) is 11.3 Å². The van der Waals surface area contributed by atoms with E-state index in [4.69, 9.17) is 5.11 Å². The number of hydrogen-bond donors (Lipinski definition) is 1. The van der Waals surface area contributed by atoms with Crippen LogP contribution in [0.5, 0.6) is 0 Å². The number of carboxylic acids is 1. The first-order valence-electron chi connectivity index (χ1n) is 6.22. The molecule has 100 valence electrons. The fourth-order valence-corrected chi connectivity index (χ4v) is 2.17. The van der Waals surface area contributed by atoms with Crippen LogP contribution in [0.4, 0.5) is 0 Å². The van der Waals surface area contributed by atoms with Gasteiger partial charge in [0, 0.05) is 5.56 Å². The van der Waals surface area contributed by atoms with Gasteiger partial charge < -0.3 is 5.11 Å². The Labute approximate surface area is 115 Å². The summed E-state index contributed by atoms with van der Waals surface area (Å²) in [6, 6.07) is 9.74. The van der Waals surface area contributed by atoms with Crippen LogP contribution in [0.3, 0.4) is 0 Å². The van der Waals surface area contributed by atoms with Crippen molar-refractivity contribution in [1.29, 1.82) is 0 Å². The average molecular weight is 267 g/mol. The van der Waals surface area contributed by atoms with Gasteiger partial charge in [-0.15, -0.1) is 0 Å². The van der Waals surface area contributed by atoms with Gasteiger partial charge in [-0.2, -0.15) is 5.10 Å². The maximum atomic E-state index is 11.1. The second-order valence-corrected chi connectivity index (χ2v) is 4.76. The maximum absolute atomic E-state index is 11.1. The molecule has 0 radical (unpaired) electrons. The minimum atomic E-state index is -1.04. The molecule has 3 aromatic rings. The lowest BCUT2D eigenvalue weighted by molar-refractivity contribution is 0.0688. The van der Waals surface area contributed by atoms with E-state index in [0.29, 0.717) is 5.65 Å². The standard InChI is InChI=1S/C15H13N3O2/c1-9-3-4-10(2)11(7-9)12-5-6-14-16-8-13(15(19)20)18(14)17-12/h3-8H,1-2H3,(H,19,20). The Balaban J connectivity index is 2.24. The highest BCUT2D eigenvalue weighted by atomic mass is 16.4. The van der Waals surface area contributed by atoms with Gasteiger partial charge in [-0.1, -0.05) is 17.7 Å². The zero-order valence-corrected chi connectivity index (χ0v) is 11.2. The van der Waals surface area contributed by atoms with Crippen LogP contribution in [0.25, 0.3) is 16.9 Å². The minimum absolute atomic E-state index is 0.0622. The highest BCUT2D eigenvalue weighted by Crippen LogP contribution is 2.23. The van der Waals surface area contributed by atoms with E-state index in [1.165, 1.54) is 10.7 Å². The van der Waals surface area contributed by atoms with Gasteiger partial charge >= 0.3 is 5.97 Å². The van der Waals surface area contributed by atoms with E-state index in [9.17, 15) is 4.79 Å². The highest BCUT2D eigenvalue weighted by molar-refractivity contribution is 5.86. The van der Waals surface area contributed by atoms with E-state index in [2.05, 4.69) is 10.1 Å². The molecule has 5 heteroatoms. The molecule has 1 aromatic carbocycles. The van der Waals surface area contributed by atoms with Gasteiger partial charge in [-0.3, -0.25) is 0 Å². The molecular weight excluding hydrogens is 254 g/mol. The Morgan fingerprint density at radius 2 is 2.00 bits per heavy atom. The third-order valence-electron chi connectivity index (χ3n) is 3.25. The summed E-state index contributed by atoms with van der Waals surface area (Å²) in [6.45, 7) is 4.02. The number of benzene rings is 1. The number of aryl methyl sites for hydroxylation is 2. The fraction of sp³-hybridized carbons (Fsp3) is 0.133. The van der Waals surface area contributed by atoms with Crippen LogP contribution in [-0.2, 0) is 0 Å². The van der Waals surface area contributed by atoms with E-state index in [0.717, 1.165) is 22.4 Å². The molecule has 0 atom stereocenters. The molecule has 2 heterocycles. The van der Waals surface area contributed by atoms with Crippen molar-refractivity contribution in [3.05, 3.63) is 53.3 Å². The molecule has 1 N–H and O–H groups in total. The Bertz CT molecular complexity index is 821. The van der Waals surface area contributed by atoms with Crippen LogP contribution >= 0.6 is 0 Å². The van der Waals surface area contributed by atoms with E-state index >= 15 is 0 Å². The third kappa shape index (κ3) is 1.93. The van der Waals surface area contributed by atoms with Crippen LogP contribution < -0.4 is 0 Å². The number of fused-ring (bicyclic) bond motifs is 1. The summed E-state index contributed by atoms with van der Waals surface area (Å²) in [5.74, 6) is -1.04. The minimum Gasteiger partial charge on any atom is -0.476 e. The molecule has 3 rings (SSSR count). The van der Waals surface area contributed by atoms with Crippen molar-refractivity contribution in [2.24, 2.45) is 0 Å². The van der Waals surface area contributed by atoms with Crippen LogP contribution in [0.1, 0.15) is 21.6 Å². The first-order valence-corrected chi connectivity index (χ1v) is 6.22. The van der Waals surface area contributed by atoms with E-state index in [-0.39, 0.29) is 5.69 Å². The van der Waals surface area contributed by atoms with Crippen LogP contribution in [0.15, 0.2) is 36.5 Å². The smallest absolute Gasteiger partial charge is 0.356 e. The molecule has 20 heavy (non-hydrogen) atoms. The number of carboxylic acid groups (broad SMARTS) is 1. The molecule has 0 bridgehead atoms. The van der Waals surface area contributed by atoms with Gasteiger partial charge in [0.25, 0.3) is 0 Å². The number of carbonyl (C=O) groups is 1. The number of aromatic nitrogens is 3. The summed E-state index contributed by atoms with van der Waals surface area (Å²) in [7, 11) is 0. The normalized spacial score (nSPS) is 10.9. The molecule has 0 spiro atoms. The molecule has 0 fully saturated rings. The lowest BCUT2D eigenvalue weighted by Crippen LogP contribution is -2.05. The summed E-state index contributed by atoms with van der Waals surface area (Å²) in [6.07, 6.45) is 1.32. The zero-order chi connectivity index (χ0) is 14.3. The molecule has 2 aromatic heterocycles. The van der Waals surface area contributed by atoms with E-state index in [1.807, 2.05) is 38.1 Å².